The smallest absolute Gasteiger partial charge is 0.231 e. The van der Waals surface area contributed by atoms with Crippen molar-refractivity contribution in [3.05, 3.63) is 56.1 Å². The van der Waals surface area contributed by atoms with Crippen LogP contribution in [0.5, 0.6) is 0 Å². The molecule has 3 rings (SSSR count). The Bertz CT molecular complexity index is 806. The van der Waals surface area contributed by atoms with E-state index in [2.05, 4.69) is 9.98 Å². The molecule has 2 aliphatic rings. The zero-order valence-corrected chi connectivity index (χ0v) is 13.0. The molecule has 120 valence electrons. The molecule has 5 nitrogen and oxygen atoms in total. The van der Waals surface area contributed by atoms with Crippen molar-refractivity contribution in [2.45, 2.75) is 25.1 Å². The molecule has 0 saturated carbocycles. The van der Waals surface area contributed by atoms with Crippen LogP contribution in [0.1, 0.15) is 12.8 Å². The lowest BCUT2D eigenvalue weighted by atomic mass is 9.90. The van der Waals surface area contributed by atoms with Crippen LogP contribution in [0.2, 0.25) is 5.02 Å². The summed E-state index contributed by atoms with van der Waals surface area (Å²) in [6.45, 7) is -0.349. The Balaban J connectivity index is 2.17. The molecule has 1 aromatic carbocycles. The fraction of sp³-hybridized carbons (Fsp3) is 0.375. The summed E-state index contributed by atoms with van der Waals surface area (Å²) in [6, 6.07) is 4.38. The summed E-state index contributed by atoms with van der Waals surface area (Å²) in [6.07, 6.45) is 5.27. The van der Waals surface area contributed by atoms with Gasteiger partial charge in [0.1, 0.15) is 12.2 Å². The monoisotopic (exact) mass is 335 g/mol. The first-order valence-corrected chi connectivity index (χ1v) is 7.76. The molecule has 0 radical (unpaired) electrons. The first-order chi connectivity index (χ1) is 11.0. The van der Waals surface area contributed by atoms with Gasteiger partial charge < -0.3 is 0 Å². The zero-order chi connectivity index (χ0) is 16.4. The summed E-state index contributed by atoms with van der Waals surface area (Å²) < 4.78 is 14.3. The van der Waals surface area contributed by atoms with Crippen molar-refractivity contribution in [2.75, 3.05) is 6.54 Å². The van der Waals surface area contributed by atoms with E-state index in [4.69, 9.17) is 11.6 Å². The molecule has 1 aliphatic carbocycles. The van der Waals surface area contributed by atoms with Gasteiger partial charge in [-0.3, -0.25) is 20.1 Å². The SMILES string of the molecule is O=[N+]([O-])C[C@@H]1C=NC([C@@H]2C=CCC[C@@H]2F)=c2cc(Cl)ccc2=N1. The minimum atomic E-state index is -1.04. The molecule has 7 heteroatoms. The van der Waals surface area contributed by atoms with Gasteiger partial charge in [-0.15, -0.1) is 0 Å². The topological polar surface area (TPSA) is 67.9 Å². The molecule has 0 bridgehead atoms. The molecule has 1 aliphatic heterocycles. The molecule has 23 heavy (non-hydrogen) atoms. The zero-order valence-electron chi connectivity index (χ0n) is 12.2. The maximum atomic E-state index is 14.3. The van der Waals surface area contributed by atoms with Crippen molar-refractivity contribution in [1.82, 2.24) is 0 Å². The predicted molar refractivity (Wildman–Crippen MR) is 86.5 cm³/mol. The third-order valence-corrected chi connectivity index (χ3v) is 4.15. The maximum absolute atomic E-state index is 14.3. The molecule has 0 unspecified atom stereocenters. The van der Waals surface area contributed by atoms with Gasteiger partial charge in [-0.1, -0.05) is 23.8 Å². The van der Waals surface area contributed by atoms with Gasteiger partial charge in [-0.2, -0.15) is 0 Å². The van der Waals surface area contributed by atoms with E-state index < -0.39 is 23.1 Å². The van der Waals surface area contributed by atoms with Crippen LogP contribution < -0.4 is 10.6 Å². The predicted octanol–water partition coefficient (Wildman–Crippen LogP) is 2.10. The number of allylic oxidation sites excluding steroid dienone is 1. The second-order valence-electron chi connectivity index (χ2n) is 5.58. The van der Waals surface area contributed by atoms with E-state index in [1.54, 1.807) is 24.3 Å². The van der Waals surface area contributed by atoms with E-state index in [1.165, 1.54) is 6.21 Å². The highest BCUT2D eigenvalue weighted by atomic mass is 35.5. The third kappa shape index (κ3) is 3.47. The number of nitro groups is 1. The van der Waals surface area contributed by atoms with E-state index in [-0.39, 0.29) is 6.54 Å². The van der Waals surface area contributed by atoms with Crippen LogP contribution in [-0.4, -0.2) is 29.9 Å². The number of aliphatic imine (C=N–C) groups is 1. The average molecular weight is 336 g/mol. The Labute approximate surface area is 137 Å². The van der Waals surface area contributed by atoms with Gasteiger partial charge in [-0.25, -0.2) is 4.39 Å². The summed E-state index contributed by atoms with van der Waals surface area (Å²) in [5, 5.41) is 12.5. The number of halogens is 2. The number of alkyl halides is 1. The number of fused-ring (bicyclic) bond motifs is 1. The van der Waals surface area contributed by atoms with Crippen LogP contribution in [0.15, 0.2) is 40.3 Å². The summed E-state index contributed by atoms with van der Waals surface area (Å²) in [5.74, 6) is -0.484. The van der Waals surface area contributed by atoms with E-state index in [9.17, 15) is 14.5 Å². The molecule has 3 atom stereocenters. The lowest BCUT2D eigenvalue weighted by molar-refractivity contribution is -0.479. The van der Waals surface area contributed by atoms with Gasteiger partial charge in [-0.05, 0) is 31.0 Å². The molecular formula is C16H15ClFN3O2. The van der Waals surface area contributed by atoms with Crippen LogP contribution in [-0.2, 0) is 0 Å². The fourth-order valence-electron chi connectivity index (χ4n) is 2.84. The first-order valence-electron chi connectivity index (χ1n) is 7.39. The van der Waals surface area contributed by atoms with E-state index >= 15 is 0 Å². The van der Waals surface area contributed by atoms with Crippen molar-refractivity contribution in [1.29, 1.82) is 0 Å². The largest absolute Gasteiger partial charge is 0.269 e. The summed E-state index contributed by atoms with van der Waals surface area (Å²) in [4.78, 5) is 19.1. The number of hydrogen-bond acceptors (Lipinski definition) is 4. The van der Waals surface area contributed by atoms with Gasteiger partial charge in [0.2, 0.25) is 6.54 Å². The molecule has 0 N–H and O–H groups in total. The van der Waals surface area contributed by atoms with Gasteiger partial charge in [0, 0.05) is 21.4 Å². The van der Waals surface area contributed by atoms with Crippen LogP contribution in [0, 0.1) is 16.0 Å². The first kappa shape index (κ1) is 15.8. The second kappa shape index (κ2) is 6.58. The number of hydrogen-bond donors (Lipinski definition) is 0. The van der Waals surface area contributed by atoms with E-state index in [0.29, 0.717) is 34.1 Å². The highest BCUT2D eigenvalue weighted by molar-refractivity contribution is 6.30. The molecule has 1 heterocycles. The summed E-state index contributed by atoms with van der Waals surface area (Å²) in [7, 11) is 0. The standard InChI is InChI=1S/C16H15ClFN3O2/c17-10-5-6-15-13(7-10)16(12-3-1-2-4-14(12)18)19-8-11(20-15)9-21(22)23/h1,3,5-8,11-12,14H,2,4,9H2/t11-,12+,14-/m0/s1. The Morgan fingerprint density at radius 3 is 3.00 bits per heavy atom. The van der Waals surface area contributed by atoms with Crippen LogP contribution in [0.3, 0.4) is 0 Å². The molecule has 0 saturated heterocycles. The highest BCUT2D eigenvalue weighted by Crippen LogP contribution is 2.28. The Kier molecular flexibility index (Phi) is 4.52. The minimum absolute atomic E-state index is 0.349. The second-order valence-corrected chi connectivity index (χ2v) is 6.02. The quantitative estimate of drug-likeness (QED) is 0.482. The lowest BCUT2D eigenvalue weighted by Gasteiger charge is -2.21. The van der Waals surface area contributed by atoms with Crippen LogP contribution >= 0.6 is 11.6 Å². The van der Waals surface area contributed by atoms with Crippen molar-refractivity contribution in [3.8, 4) is 0 Å². The van der Waals surface area contributed by atoms with Gasteiger partial charge in [0.25, 0.3) is 0 Å². The van der Waals surface area contributed by atoms with E-state index in [0.717, 1.165) is 0 Å². The summed E-state index contributed by atoms with van der Waals surface area (Å²) in [5.41, 5.74) is 0.528. The van der Waals surface area contributed by atoms with Crippen molar-refractivity contribution < 1.29 is 9.31 Å². The third-order valence-electron chi connectivity index (χ3n) is 3.92. The Morgan fingerprint density at radius 1 is 1.43 bits per heavy atom. The number of benzene rings is 1. The molecule has 1 aromatic rings. The Morgan fingerprint density at radius 2 is 2.26 bits per heavy atom. The van der Waals surface area contributed by atoms with Crippen LogP contribution in [0.25, 0.3) is 5.70 Å². The normalized spacial score (nSPS) is 26.3. The summed E-state index contributed by atoms with van der Waals surface area (Å²) >= 11 is 6.06. The highest BCUT2D eigenvalue weighted by Gasteiger charge is 2.26. The van der Waals surface area contributed by atoms with Gasteiger partial charge in [0.15, 0.2) is 0 Å². The van der Waals surface area contributed by atoms with Gasteiger partial charge in [0.05, 0.1) is 17.0 Å². The van der Waals surface area contributed by atoms with Crippen molar-refractivity contribution >= 4 is 23.5 Å². The number of nitrogens with zero attached hydrogens (tertiary/aromatic N) is 3. The molecule has 0 fully saturated rings. The van der Waals surface area contributed by atoms with Gasteiger partial charge >= 0.3 is 0 Å². The van der Waals surface area contributed by atoms with Crippen molar-refractivity contribution in [2.24, 2.45) is 15.9 Å². The maximum Gasteiger partial charge on any atom is 0.231 e. The lowest BCUT2D eigenvalue weighted by Crippen LogP contribution is -2.32. The average Bonchev–Trinajstić information content (AvgIpc) is 2.66. The molecular weight excluding hydrogens is 321 g/mol. The molecule has 0 spiro atoms. The molecule has 0 aromatic heterocycles. The Hall–Kier alpha value is -2.08. The van der Waals surface area contributed by atoms with E-state index in [1.807, 2.05) is 6.08 Å². The van der Waals surface area contributed by atoms with Crippen molar-refractivity contribution in [3.63, 3.8) is 0 Å². The molecule has 0 amide bonds. The van der Waals surface area contributed by atoms with Crippen LogP contribution in [0.4, 0.5) is 4.39 Å². The number of rotatable bonds is 3. The minimum Gasteiger partial charge on any atom is -0.269 e. The fourth-order valence-corrected chi connectivity index (χ4v) is 3.01.